The van der Waals surface area contributed by atoms with Gasteiger partial charge in [-0.2, -0.15) is 0 Å². The Kier molecular flexibility index (Phi) is 6.16. The van der Waals surface area contributed by atoms with E-state index in [-0.39, 0.29) is 24.4 Å². The molecule has 4 heteroatoms. The molecule has 0 aliphatic carbocycles. The summed E-state index contributed by atoms with van der Waals surface area (Å²) in [5.41, 5.74) is 1.15. The van der Waals surface area contributed by atoms with E-state index in [1.807, 2.05) is 37.3 Å². The van der Waals surface area contributed by atoms with Gasteiger partial charge in [-0.3, -0.25) is 4.79 Å². The Morgan fingerprint density at radius 1 is 1.44 bits per heavy atom. The summed E-state index contributed by atoms with van der Waals surface area (Å²) in [7, 11) is 0. The van der Waals surface area contributed by atoms with Gasteiger partial charge in [-0.1, -0.05) is 30.3 Å². The number of rotatable bonds is 4. The molecule has 3 nitrogen and oxygen atoms in total. The summed E-state index contributed by atoms with van der Waals surface area (Å²) in [5, 5.41) is 6.38. The van der Waals surface area contributed by atoms with Crippen molar-refractivity contribution < 1.29 is 4.79 Å². The lowest BCUT2D eigenvalue weighted by Crippen LogP contribution is -2.33. The molecular weight excluding hydrogens is 248 g/mol. The van der Waals surface area contributed by atoms with Crippen LogP contribution in [0, 0.1) is 0 Å². The van der Waals surface area contributed by atoms with Gasteiger partial charge in [0, 0.05) is 12.5 Å². The number of benzene rings is 1. The lowest BCUT2D eigenvalue weighted by molar-refractivity contribution is -0.122. The van der Waals surface area contributed by atoms with Gasteiger partial charge in [0.1, 0.15) is 0 Å². The van der Waals surface area contributed by atoms with Crippen LogP contribution in [0.1, 0.15) is 37.8 Å². The van der Waals surface area contributed by atoms with Gasteiger partial charge >= 0.3 is 0 Å². The average molecular weight is 269 g/mol. The number of hydrogen-bond donors (Lipinski definition) is 2. The molecule has 100 valence electrons. The van der Waals surface area contributed by atoms with E-state index in [1.165, 1.54) is 6.42 Å². The fourth-order valence-electron chi connectivity index (χ4n) is 2.28. The molecule has 0 spiro atoms. The Labute approximate surface area is 115 Å². The van der Waals surface area contributed by atoms with E-state index >= 15 is 0 Å². The molecule has 0 bridgehead atoms. The SMILES string of the molecule is C[C@@H](NC(=O)CC1CCCN1)c1ccccc1.Cl. The molecule has 0 aromatic heterocycles. The van der Waals surface area contributed by atoms with Crippen LogP contribution in [0.2, 0.25) is 0 Å². The summed E-state index contributed by atoms with van der Waals surface area (Å²) < 4.78 is 0. The lowest BCUT2D eigenvalue weighted by atomic mass is 10.1. The van der Waals surface area contributed by atoms with Crippen LogP contribution in [0.5, 0.6) is 0 Å². The molecule has 18 heavy (non-hydrogen) atoms. The minimum absolute atomic E-state index is 0. The van der Waals surface area contributed by atoms with E-state index in [9.17, 15) is 4.79 Å². The maximum atomic E-state index is 11.8. The Bertz CT molecular complexity index is 363. The van der Waals surface area contributed by atoms with Crippen molar-refractivity contribution in [1.82, 2.24) is 10.6 Å². The molecule has 1 saturated heterocycles. The van der Waals surface area contributed by atoms with Gasteiger partial charge in [-0.25, -0.2) is 0 Å². The summed E-state index contributed by atoms with van der Waals surface area (Å²) in [6.07, 6.45) is 2.90. The molecule has 0 saturated carbocycles. The van der Waals surface area contributed by atoms with Crippen LogP contribution in [0.25, 0.3) is 0 Å². The lowest BCUT2D eigenvalue weighted by Gasteiger charge is -2.16. The summed E-state index contributed by atoms with van der Waals surface area (Å²) in [4.78, 5) is 11.8. The van der Waals surface area contributed by atoms with Gasteiger partial charge in [0.2, 0.25) is 5.91 Å². The second kappa shape index (κ2) is 7.39. The molecule has 1 aromatic rings. The number of amides is 1. The van der Waals surface area contributed by atoms with E-state index in [4.69, 9.17) is 0 Å². The van der Waals surface area contributed by atoms with Gasteiger partial charge in [-0.05, 0) is 31.9 Å². The number of carbonyl (C=O) groups excluding carboxylic acids is 1. The molecular formula is C14H21ClN2O. The summed E-state index contributed by atoms with van der Waals surface area (Å²) >= 11 is 0. The van der Waals surface area contributed by atoms with E-state index < -0.39 is 0 Å². The molecule has 1 unspecified atom stereocenters. The normalized spacial score (nSPS) is 19.9. The van der Waals surface area contributed by atoms with Crippen LogP contribution < -0.4 is 10.6 Å². The zero-order valence-corrected chi connectivity index (χ0v) is 11.5. The summed E-state index contributed by atoms with van der Waals surface area (Å²) in [6, 6.07) is 10.5. The van der Waals surface area contributed by atoms with Crippen molar-refractivity contribution in [3.05, 3.63) is 35.9 Å². The molecule has 1 fully saturated rings. The average Bonchev–Trinajstić information content (AvgIpc) is 2.82. The van der Waals surface area contributed by atoms with Gasteiger partial charge in [0.05, 0.1) is 6.04 Å². The van der Waals surface area contributed by atoms with Gasteiger partial charge in [0.25, 0.3) is 0 Å². The third-order valence-electron chi connectivity index (χ3n) is 3.27. The first-order valence-electron chi connectivity index (χ1n) is 6.33. The van der Waals surface area contributed by atoms with E-state index in [0.29, 0.717) is 12.5 Å². The Hall–Kier alpha value is -1.06. The number of halogens is 1. The Morgan fingerprint density at radius 2 is 2.17 bits per heavy atom. The first-order valence-corrected chi connectivity index (χ1v) is 6.33. The standard InChI is InChI=1S/C14H20N2O.ClH/c1-11(12-6-3-2-4-7-12)16-14(17)10-13-8-5-9-15-13;/h2-4,6-7,11,13,15H,5,8-10H2,1H3,(H,16,17);1H/t11-,13?;/m1./s1. The van der Waals surface area contributed by atoms with E-state index in [1.54, 1.807) is 0 Å². The van der Waals surface area contributed by atoms with Crippen molar-refractivity contribution >= 4 is 18.3 Å². The molecule has 2 rings (SSSR count). The van der Waals surface area contributed by atoms with Crippen LogP contribution in [0.15, 0.2) is 30.3 Å². The molecule has 0 radical (unpaired) electrons. The molecule has 2 N–H and O–H groups in total. The highest BCUT2D eigenvalue weighted by Gasteiger charge is 2.18. The van der Waals surface area contributed by atoms with Crippen molar-refractivity contribution in [1.29, 1.82) is 0 Å². The minimum atomic E-state index is 0. The van der Waals surface area contributed by atoms with E-state index in [0.717, 1.165) is 18.5 Å². The maximum Gasteiger partial charge on any atom is 0.222 e. The fraction of sp³-hybridized carbons (Fsp3) is 0.500. The third-order valence-corrected chi connectivity index (χ3v) is 3.27. The zero-order chi connectivity index (χ0) is 12.1. The number of nitrogens with one attached hydrogen (secondary N) is 2. The molecule has 2 atom stereocenters. The molecule has 1 aliphatic rings. The van der Waals surface area contributed by atoms with Crippen LogP contribution in [-0.2, 0) is 4.79 Å². The third kappa shape index (κ3) is 4.31. The van der Waals surface area contributed by atoms with Crippen LogP contribution in [0.3, 0.4) is 0 Å². The topological polar surface area (TPSA) is 41.1 Å². The fourth-order valence-corrected chi connectivity index (χ4v) is 2.28. The second-order valence-corrected chi connectivity index (χ2v) is 4.70. The molecule has 1 aliphatic heterocycles. The van der Waals surface area contributed by atoms with Crippen molar-refractivity contribution in [2.24, 2.45) is 0 Å². The van der Waals surface area contributed by atoms with Crippen LogP contribution in [-0.4, -0.2) is 18.5 Å². The highest BCUT2D eigenvalue weighted by molar-refractivity contribution is 5.85. The highest BCUT2D eigenvalue weighted by Crippen LogP contribution is 2.13. The quantitative estimate of drug-likeness (QED) is 0.881. The van der Waals surface area contributed by atoms with Gasteiger partial charge in [0.15, 0.2) is 0 Å². The van der Waals surface area contributed by atoms with Crippen molar-refractivity contribution in [2.75, 3.05) is 6.54 Å². The molecule has 1 aromatic carbocycles. The molecule has 1 heterocycles. The largest absolute Gasteiger partial charge is 0.350 e. The van der Waals surface area contributed by atoms with Crippen molar-refractivity contribution in [3.8, 4) is 0 Å². The zero-order valence-electron chi connectivity index (χ0n) is 10.7. The monoisotopic (exact) mass is 268 g/mol. The van der Waals surface area contributed by atoms with Crippen molar-refractivity contribution in [2.45, 2.75) is 38.3 Å². The van der Waals surface area contributed by atoms with Crippen LogP contribution in [0.4, 0.5) is 0 Å². The molecule has 1 amide bonds. The maximum absolute atomic E-state index is 11.8. The Morgan fingerprint density at radius 3 is 2.78 bits per heavy atom. The summed E-state index contributed by atoms with van der Waals surface area (Å²) in [5.74, 6) is 0.140. The summed E-state index contributed by atoms with van der Waals surface area (Å²) in [6.45, 7) is 3.07. The predicted octanol–water partition coefficient (Wildman–Crippen LogP) is 2.43. The second-order valence-electron chi connectivity index (χ2n) is 4.70. The highest BCUT2D eigenvalue weighted by atomic mass is 35.5. The van der Waals surface area contributed by atoms with Gasteiger partial charge < -0.3 is 10.6 Å². The van der Waals surface area contributed by atoms with Crippen LogP contribution >= 0.6 is 12.4 Å². The number of hydrogen-bond acceptors (Lipinski definition) is 2. The minimum Gasteiger partial charge on any atom is -0.350 e. The first-order chi connectivity index (χ1) is 8.25. The van der Waals surface area contributed by atoms with Gasteiger partial charge in [-0.15, -0.1) is 12.4 Å². The smallest absolute Gasteiger partial charge is 0.222 e. The van der Waals surface area contributed by atoms with Crippen molar-refractivity contribution in [3.63, 3.8) is 0 Å². The predicted molar refractivity (Wildman–Crippen MR) is 75.9 cm³/mol. The Balaban J connectivity index is 0.00000162. The van der Waals surface area contributed by atoms with E-state index in [2.05, 4.69) is 10.6 Å². The first kappa shape index (κ1) is 15.0. The number of carbonyl (C=O) groups is 1.